The number of phosphoric ester groups is 1. The first-order valence-electron chi connectivity index (χ1n) is 24.4. The van der Waals surface area contributed by atoms with Crippen molar-refractivity contribution in [2.45, 2.75) is 236 Å². The van der Waals surface area contributed by atoms with Gasteiger partial charge in [-0.2, -0.15) is 0 Å². The maximum atomic E-state index is 12.8. The molecule has 6 unspecified atom stereocenters. The molecular formula is C49H87O13P. The van der Waals surface area contributed by atoms with E-state index < -0.39 is 75.7 Å². The molecule has 1 aliphatic rings. The van der Waals surface area contributed by atoms with Gasteiger partial charge in [-0.1, -0.05) is 152 Å². The lowest BCUT2D eigenvalue weighted by molar-refractivity contribution is -0.220. The van der Waals surface area contributed by atoms with E-state index in [1.54, 1.807) is 0 Å². The van der Waals surface area contributed by atoms with Crippen LogP contribution in [0.2, 0.25) is 0 Å². The molecule has 0 radical (unpaired) electrons. The lowest BCUT2D eigenvalue weighted by Gasteiger charge is -2.41. The number of carbonyl (C=O) groups excluding carboxylic acids is 2. The number of carbonyl (C=O) groups is 2. The first kappa shape index (κ1) is 58.8. The van der Waals surface area contributed by atoms with Gasteiger partial charge in [-0.3, -0.25) is 18.6 Å². The van der Waals surface area contributed by atoms with Crippen molar-refractivity contribution in [1.29, 1.82) is 0 Å². The minimum absolute atomic E-state index is 0.0884. The van der Waals surface area contributed by atoms with Gasteiger partial charge in [0.15, 0.2) is 6.10 Å². The summed E-state index contributed by atoms with van der Waals surface area (Å²) in [6.07, 6.45) is 33.0. The van der Waals surface area contributed by atoms with E-state index in [0.29, 0.717) is 12.8 Å². The normalized spacial score (nSPS) is 22.1. The molecule has 0 aromatic heterocycles. The van der Waals surface area contributed by atoms with Crippen LogP contribution in [0, 0.1) is 0 Å². The van der Waals surface area contributed by atoms with Crippen molar-refractivity contribution >= 4 is 19.8 Å². The zero-order valence-corrected chi connectivity index (χ0v) is 39.8. The van der Waals surface area contributed by atoms with Crippen LogP contribution in [-0.2, 0) is 32.7 Å². The van der Waals surface area contributed by atoms with Gasteiger partial charge in [-0.25, -0.2) is 4.57 Å². The smallest absolute Gasteiger partial charge is 0.462 e. The van der Waals surface area contributed by atoms with Crippen LogP contribution in [0.5, 0.6) is 0 Å². The van der Waals surface area contributed by atoms with E-state index in [9.17, 15) is 44.6 Å². The summed E-state index contributed by atoms with van der Waals surface area (Å²) in [5.74, 6) is -1.13. The van der Waals surface area contributed by atoms with Crippen LogP contribution in [0.15, 0.2) is 48.6 Å². The van der Waals surface area contributed by atoms with Crippen LogP contribution < -0.4 is 0 Å². The summed E-state index contributed by atoms with van der Waals surface area (Å²) >= 11 is 0. The van der Waals surface area contributed by atoms with E-state index in [1.807, 2.05) is 0 Å². The van der Waals surface area contributed by atoms with Crippen molar-refractivity contribution in [3.63, 3.8) is 0 Å². The van der Waals surface area contributed by atoms with Crippen molar-refractivity contribution < 1.29 is 63.1 Å². The molecule has 0 aromatic carbocycles. The number of hydrogen-bond donors (Lipinski definition) is 6. The molecule has 0 spiro atoms. The number of ether oxygens (including phenoxy) is 2. The number of esters is 2. The molecule has 63 heavy (non-hydrogen) atoms. The summed E-state index contributed by atoms with van der Waals surface area (Å²) in [6.45, 7) is 3.25. The molecular weight excluding hydrogens is 827 g/mol. The van der Waals surface area contributed by atoms with Crippen molar-refractivity contribution in [1.82, 2.24) is 0 Å². The number of aliphatic hydroxyl groups is 5. The number of unbranched alkanes of at least 4 members (excludes halogenated alkanes) is 20. The standard InChI is InChI=1S/C49H87O13P/c1-3-5-7-9-11-13-15-17-19-21-23-25-27-29-31-33-35-37-42(50)59-39-41(40-60-63(57,58)62-49-47(55)45(53)44(52)46(54)48(49)56)61-43(51)38-36-34-32-30-28-26-24-22-20-18-16-14-12-10-8-6-4-2/h11,13-14,16-17,19,23,25,41,44-49,52-56H,3-10,12,15,18,20-22,24,26-40H2,1-2H3,(H,57,58)/b13-11+,16-14+,19-17+,25-23+/t41-,44?,45-,46?,47?,48?,49?/m0/s1. The summed E-state index contributed by atoms with van der Waals surface area (Å²) in [5, 5.41) is 50.2. The molecule has 0 heterocycles. The van der Waals surface area contributed by atoms with Gasteiger partial charge in [-0.15, -0.1) is 0 Å². The summed E-state index contributed by atoms with van der Waals surface area (Å²) in [4.78, 5) is 35.8. The topological polar surface area (TPSA) is 210 Å². The van der Waals surface area contributed by atoms with Crippen molar-refractivity contribution in [3.05, 3.63) is 48.6 Å². The second-order valence-corrected chi connectivity index (χ2v) is 18.4. The molecule has 1 fully saturated rings. The van der Waals surface area contributed by atoms with E-state index in [0.717, 1.165) is 77.0 Å². The predicted octanol–water partition coefficient (Wildman–Crippen LogP) is 9.95. The first-order chi connectivity index (χ1) is 30.4. The minimum Gasteiger partial charge on any atom is -0.462 e. The fraction of sp³-hybridized carbons (Fsp3) is 0.796. The summed E-state index contributed by atoms with van der Waals surface area (Å²) in [6, 6.07) is 0. The van der Waals surface area contributed by atoms with Crippen molar-refractivity contribution in [2.75, 3.05) is 13.2 Å². The molecule has 0 saturated heterocycles. The van der Waals surface area contributed by atoms with E-state index in [-0.39, 0.29) is 12.8 Å². The number of allylic oxidation sites excluding steroid dienone is 8. The number of aliphatic hydroxyl groups excluding tert-OH is 5. The molecule has 13 nitrogen and oxygen atoms in total. The lowest BCUT2D eigenvalue weighted by Crippen LogP contribution is -2.64. The Morgan fingerprint density at radius 2 is 0.857 bits per heavy atom. The van der Waals surface area contributed by atoms with Gasteiger partial charge in [0.25, 0.3) is 0 Å². The SMILES string of the molecule is CCCCC/C=C/C/C=C/C/C=C/CCCCCCC(=O)OC[C@@H](COP(=O)(O)OC1C(O)C(O)C(O)[C@H](O)C1O)OC(=O)CCCCCCCCCCC/C=C/CCCCCC. The van der Waals surface area contributed by atoms with Gasteiger partial charge in [0.05, 0.1) is 6.61 Å². The van der Waals surface area contributed by atoms with Crippen LogP contribution >= 0.6 is 7.82 Å². The van der Waals surface area contributed by atoms with E-state index in [1.165, 1.54) is 77.0 Å². The fourth-order valence-electron chi connectivity index (χ4n) is 7.17. The summed E-state index contributed by atoms with van der Waals surface area (Å²) in [5.41, 5.74) is 0. The van der Waals surface area contributed by atoms with Gasteiger partial charge in [0.2, 0.25) is 0 Å². The minimum atomic E-state index is -5.13. The Labute approximate surface area is 380 Å². The van der Waals surface area contributed by atoms with Crippen LogP contribution in [0.3, 0.4) is 0 Å². The highest BCUT2D eigenvalue weighted by molar-refractivity contribution is 7.47. The average molecular weight is 915 g/mol. The van der Waals surface area contributed by atoms with Gasteiger partial charge >= 0.3 is 19.8 Å². The molecule has 1 rings (SSSR count). The van der Waals surface area contributed by atoms with Crippen molar-refractivity contribution in [2.24, 2.45) is 0 Å². The fourth-order valence-corrected chi connectivity index (χ4v) is 8.14. The third-order valence-electron chi connectivity index (χ3n) is 11.1. The highest BCUT2D eigenvalue weighted by Gasteiger charge is 2.51. The monoisotopic (exact) mass is 915 g/mol. The van der Waals surface area contributed by atoms with Gasteiger partial charge in [0.1, 0.15) is 43.2 Å². The Morgan fingerprint density at radius 3 is 1.35 bits per heavy atom. The van der Waals surface area contributed by atoms with Gasteiger partial charge in [0, 0.05) is 12.8 Å². The third kappa shape index (κ3) is 31.4. The van der Waals surface area contributed by atoms with E-state index in [2.05, 4.69) is 62.5 Å². The Hall–Kier alpha value is -2.19. The number of rotatable bonds is 40. The predicted molar refractivity (Wildman–Crippen MR) is 249 cm³/mol. The van der Waals surface area contributed by atoms with Gasteiger partial charge in [-0.05, 0) is 77.0 Å². The maximum Gasteiger partial charge on any atom is 0.472 e. The molecule has 0 amide bonds. The molecule has 0 aromatic rings. The molecule has 1 aliphatic carbocycles. The maximum absolute atomic E-state index is 12.8. The highest BCUT2D eigenvalue weighted by atomic mass is 31.2. The second-order valence-electron chi connectivity index (χ2n) is 17.0. The Kier molecular flexibility index (Phi) is 36.4. The molecule has 1 saturated carbocycles. The summed E-state index contributed by atoms with van der Waals surface area (Å²) in [7, 11) is -5.13. The summed E-state index contributed by atoms with van der Waals surface area (Å²) < 4.78 is 33.6. The van der Waals surface area contributed by atoms with Crippen molar-refractivity contribution in [3.8, 4) is 0 Å². The number of hydrogen-bond acceptors (Lipinski definition) is 12. The molecule has 6 N–H and O–H groups in total. The largest absolute Gasteiger partial charge is 0.472 e. The zero-order chi connectivity index (χ0) is 46.4. The average Bonchev–Trinajstić information content (AvgIpc) is 3.26. The van der Waals surface area contributed by atoms with E-state index in [4.69, 9.17) is 18.5 Å². The quantitative estimate of drug-likeness (QED) is 0.0147. The first-order valence-corrected chi connectivity index (χ1v) is 25.9. The number of phosphoric acid groups is 1. The Bertz CT molecular complexity index is 1290. The molecule has 0 bridgehead atoms. The van der Waals surface area contributed by atoms with E-state index >= 15 is 0 Å². The van der Waals surface area contributed by atoms with Crippen LogP contribution in [-0.4, -0.2) is 98.3 Å². The molecule has 366 valence electrons. The molecule has 14 heteroatoms. The van der Waals surface area contributed by atoms with Crippen LogP contribution in [0.1, 0.15) is 194 Å². The second kappa shape index (κ2) is 39.0. The Balaban J connectivity index is 2.45. The highest BCUT2D eigenvalue weighted by Crippen LogP contribution is 2.47. The zero-order valence-electron chi connectivity index (χ0n) is 38.9. The lowest BCUT2D eigenvalue weighted by atomic mass is 9.85. The van der Waals surface area contributed by atoms with Crippen LogP contribution in [0.4, 0.5) is 0 Å². The van der Waals surface area contributed by atoms with Gasteiger partial charge < -0.3 is 39.9 Å². The Morgan fingerprint density at radius 1 is 0.492 bits per heavy atom. The third-order valence-corrected chi connectivity index (χ3v) is 12.1. The van der Waals surface area contributed by atoms with Crippen LogP contribution in [0.25, 0.3) is 0 Å². The molecule has 0 aliphatic heterocycles. The molecule has 8 atom stereocenters.